The topological polar surface area (TPSA) is 46.2 Å². The van der Waals surface area contributed by atoms with Crippen molar-refractivity contribution >= 4 is 11.7 Å². The van der Waals surface area contributed by atoms with E-state index in [1.165, 1.54) is 37.7 Å². The Hall–Kier alpha value is -1.64. The molecule has 1 N–H and O–H groups in total. The molecule has 0 aromatic heterocycles. The van der Waals surface area contributed by atoms with E-state index in [1.807, 2.05) is 6.07 Å². The predicted octanol–water partition coefficient (Wildman–Crippen LogP) is 4.93. The van der Waals surface area contributed by atoms with E-state index in [4.69, 9.17) is 0 Å². The summed E-state index contributed by atoms with van der Waals surface area (Å²) in [5, 5.41) is 2.96. The van der Waals surface area contributed by atoms with Crippen molar-refractivity contribution in [1.82, 2.24) is 5.32 Å². The highest BCUT2D eigenvalue weighted by Crippen LogP contribution is 2.38. The summed E-state index contributed by atoms with van der Waals surface area (Å²) < 4.78 is 0. The minimum absolute atomic E-state index is 0.00340. The van der Waals surface area contributed by atoms with E-state index in [1.54, 1.807) is 0 Å². The van der Waals surface area contributed by atoms with Crippen LogP contribution in [0.5, 0.6) is 0 Å². The second-order valence-electron chi connectivity index (χ2n) is 7.48. The first-order chi connectivity index (χ1) is 12.2. The monoisotopic (exact) mass is 343 g/mol. The first-order valence-electron chi connectivity index (χ1n) is 10.0. The van der Waals surface area contributed by atoms with Crippen molar-refractivity contribution in [2.24, 2.45) is 0 Å². The van der Waals surface area contributed by atoms with Gasteiger partial charge in [0.25, 0.3) is 5.91 Å². The van der Waals surface area contributed by atoms with Crippen LogP contribution in [0.25, 0.3) is 0 Å². The molecule has 1 aromatic carbocycles. The summed E-state index contributed by atoms with van der Waals surface area (Å²) in [6.45, 7) is 2.75. The number of hydrogen-bond donors (Lipinski definition) is 1. The highest BCUT2D eigenvalue weighted by molar-refractivity contribution is 6.36. The largest absolute Gasteiger partial charge is 0.349 e. The van der Waals surface area contributed by atoms with Crippen LogP contribution < -0.4 is 5.32 Å². The minimum atomic E-state index is -0.392. The molecule has 1 aliphatic rings. The van der Waals surface area contributed by atoms with Gasteiger partial charge in [0, 0.05) is 18.4 Å². The number of Topliss-reactive ketones (excluding diaryl/α,β-unsaturated/α-hetero) is 1. The van der Waals surface area contributed by atoms with E-state index < -0.39 is 5.91 Å². The summed E-state index contributed by atoms with van der Waals surface area (Å²) in [6.07, 6.45) is 11.6. The summed E-state index contributed by atoms with van der Waals surface area (Å²) in [6, 6.07) is 10.5. The number of ketones is 1. The van der Waals surface area contributed by atoms with Crippen LogP contribution in [0.2, 0.25) is 0 Å². The lowest BCUT2D eigenvalue weighted by Gasteiger charge is -2.38. The molecule has 1 amide bonds. The molecule has 138 valence electrons. The van der Waals surface area contributed by atoms with Crippen LogP contribution in [0.4, 0.5) is 0 Å². The molecular formula is C22H33NO2. The van der Waals surface area contributed by atoms with E-state index in [2.05, 4.69) is 36.5 Å². The molecule has 1 aliphatic carbocycles. The van der Waals surface area contributed by atoms with Gasteiger partial charge in [0.1, 0.15) is 0 Å². The highest BCUT2D eigenvalue weighted by atomic mass is 16.2. The van der Waals surface area contributed by atoms with Gasteiger partial charge in [-0.2, -0.15) is 0 Å². The van der Waals surface area contributed by atoms with E-state index >= 15 is 0 Å². The van der Waals surface area contributed by atoms with E-state index in [0.29, 0.717) is 13.0 Å². The molecule has 0 saturated heterocycles. The van der Waals surface area contributed by atoms with Crippen LogP contribution in [0.1, 0.15) is 83.1 Å². The van der Waals surface area contributed by atoms with E-state index in [0.717, 1.165) is 32.1 Å². The van der Waals surface area contributed by atoms with Crippen molar-refractivity contribution in [2.75, 3.05) is 6.54 Å². The Bertz CT molecular complexity index is 532. The minimum Gasteiger partial charge on any atom is -0.349 e. The summed E-state index contributed by atoms with van der Waals surface area (Å²) in [4.78, 5) is 24.3. The molecule has 2 rings (SSSR count). The molecule has 0 bridgehead atoms. The molecule has 1 aromatic rings. The van der Waals surface area contributed by atoms with Gasteiger partial charge in [-0.3, -0.25) is 9.59 Å². The standard InChI is InChI=1S/C22H33NO2/c1-2-3-4-5-10-15-20(24)21(25)23-18-22(16-11-7-12-17-22)19-13-8-6-9-14-19/h6,8-9,13-14H,2-5,7,10-12,15-18H2,1H3,(H,23,25). The Morgan fingerprint density at radius 1 is 0.960 bits per heavy atom. The molecule has 0 spiro atoms. The number of carbonyl (C=O) groups is 2. The van der Waals surface area contributed by atoms with Gasteiger partial charge in [-0.25, -0.2) is 0 Å². The zero-order valence-corrected chi connectivity index (χ0v) is 15.7. The number of nitrogens with one attached hydrogen (secondary N) is 1. The fourth-order valence-corrected chi connectivity index (χ4v) is 3.94. The maximum Gasteiger partial charge on any atom is 0.287 e. The lowest BCUT2D eigenvalue weighted by molar-refractivity contribution is -0.138. The molecule has 1 saturated carbocycles. The Morgan fingerprint density at radius 3 is 2.32 bits per heavy atom. The van der Waals surface area contributed by atoms with Crippen LogP contribution in [-0.2, 0) is 15.0 Å². The van der Waals surface area contributed by atoms with Crippen LogP contribution in [0, 0.1) is 0 Å². The molecule has 0 radical (unpaired) electrons. The average Bonchev–Trinajstić information content (AvgIpc) is 2.67. The Morgan fingerprint density at radius 2 is 1.64 bits per heavy atom. The smallest absolute Gasteiger partial charge is 0.287 e. The van der Waals surface area contributed by atoms with E-state index in [-0.39, 0.29) is 11.2 Å². The summed E-state index contributed by atoms with van der Waals surface area (Å²) in [5.74, 6) is -0.646. The number of benzene rings is 1. The van der Waals surface area contributed by atoms with Gasteiger partial charge < -0.3 is 5.32 Å². The van der Waals surface area contributed by atoms with Crippen LogP contribution >= 0.6 is 0 Å². The number of rotatable bonds is 10. The number of carbonyl (C=O) groups excluding carboxylic acids is 2. The van der Waals surface area contributed by atoms with Crippen LogP contribution in [0.15, 0.2) is 30.3 Å². The molecule has 3 heteroatoms. The summed E-state index contributed by atoms with van der Waals surface area (Å²) >= 11 is 0. The summed E-state index contributed by atoms with van der Waals surface area (Å²) in [7, 11) is 0. The second kappa shape index (κ2) is 10.4. The van der Waals surface area contributed by atoms with E-state index in [9.17, 15) is 9.59 Å². The Balaban J connectivity index is 1.86. The van der Waals surface area contributed by atoms with Crippen molar-refractivity contribution in [1.29, 1.82) is 0 Å². The van der Waals surface area contributed by atoms with Gasteiger partial charge in [0.2, 0.25) is 5.78 Å². The second-order valence-corrected chi connectivity index (χ2v) is 7.48. The molecule has 1 fully saturated rings. The number of amides is 1. The third-order valence-electron chi connectivity index (χ3n) is 5.54. The number of unbranched alkanes of at least 4 members (excludes halogenated alkanes) is 4. The Labute approximate surface area is 152 Å². The predicted molar refractivity (Wildman–Crippen MR) is 103 cm³/mol. The fourth-order valence-electron chi connectivity index (χ4n) is 3.94. The third-order valence-corrected chi connectivity index (χ3v) is 5.54. The van der Waals surface area contributed by atoms with Crippen molar-refractivity contribution in [3.63, 3.8) is 0 Å². The maximum atomic E-state index is 12.2. The van der Waals surface area contributed by atoms with Gasteiger partial charge in [0.05, 0.1) is 0 Å². The first kappa shape index (κ1) is 19.7. The molecule has 25 heavy (non-hydrogen) atoms. The van der Waals surface area contributed by atoms with Gasteiger partial charge in [-0.15, -0.1) is 0 Å². The Kier molecular flexibility index (Phi) is 8.17. The van der Waals surface area contributed by atoms with Crippen molar-refractivity contribution in [3.8, 4) is 0 Å². The molecule has 0 unspecified atom stereocenters. The first-order valence-corrected chi connectivity index (χ1v) is 10.0. The molecule has 0 atom stereocenters. The van der Waals surface area contributed by atoms with Crippen molar-refractivity contribution < 1.29 is 9.59 Å². The molecule has 0 heterocycles. The molecular weight excluding hydrogens is 310 g/mol. The summed E-state index contributed by atoms with van der Waals surface area (Å²) in [5.41, 5.74) is 1.29. The fraction of sp³-hybridized carbons (Fsp3) is 0.636. The van der Waals surface area contributed by atoms with Gasteiger partial charge in [0.15, 0.2) is 0 Å². The van der Waals surface area contributed by atoms with Crippen LogP contribution in [-0.4, -0.2) is 18.2 Å². The third kappa shape index (κ3) is 5.98. The lowest BCUT2D eigenvalue weighted by atomic mass is 9.69. The zero-order valence-electron chi connectivity index (χ0n) is 15.7. The van der Waals surface area contributed by atoms with Crippen molar-refractivity contribution in [3.05, 3.63) is 35.9 Å². The van der Waals surface area contributed by atoms with Crippen molar-refractivity contribution in [2.45, 2.75) is 83.0 Å². The highest BCUT2D eigenvalue weighted by Gasteiger charge is 2.34. The maximum absolute atomic E-state index is 12.2. The zero-order chi connectivity index (χ0) is 18.0. The normalized spacial score (nSPS) is 16.4. The quantitative estimate of drug-likeness (QED) is 0.483. The number of hydrogen-bond acceptors (Lipinski definition) is 2. The van der Waals surface area contributed by atoms with Gasteiger partial charge in [-0.1, -0.05) is 82.2 Å². The van der Waals surface area contributed by atoms with Crippen LogP contribution in [0.3, 0.4) is 0 Å². The molecule has 3 nitrogen and oxygen atoms in total. The van der Waals surface area contributed by atoms with Gasteiger partial charge in [-0.05, 0) is 24.8 Å². The lowest BCUT2D eigenvalue weighted by Crippen LogP contribution is -2.44. The van der Waals surface area contributed by atoms with Gasteiger partial charge >= 0.3 is 0 Å². The average molecular weight is 344 g/mol. The SMILES string of the molecule is CCCCCCCC(=O)C(=O)NCC1(c2ccccc2)CCCCC1. The molecule has 0 aliphatic heterocycles.